The van der Waals surface area contributed by atoms with E-state index in [0.29, 0.717) is 6.61 Å². The molecule has 0 amide bonds. The highest BCUT2D eigenvalue weighted by molar-refractivity contribution is 4.38. The maximum Gasteiger partial charge on any atom is 0.0773 e. The average molecular weight is 228 g/mol. The summed E-state index contributed by atoms with van der Waals surface area (Å²) in [6.45, 7) is 2.81. The summed E-state index contributed by atoms with van der Waals surface area (Å²) in [7, 11) is 3.19. The van der Waals surface area contributed by atoms with E-state index in [4.69, 9.17) is 10.2 Å². The van der Waals surface area contributed by atoms with Gasteiger partial charge in [0.25, 0.3) is 0 Å². The quantitative estimate of drug-likeness (QED) is 0.706. The Labute approximate surface area is 96.2 Å². The molecule has 0 heterocycles. The van der Waals surface area contributed by atoms with E-state index in [1.807, 2.05) is 0 Å². The van der Waals surface area contributed by atoms with Gasteiger partial charge in [0.05, 0.1) is 12.7 Å². The van der Waals surface area contributed by atoms with Crippen LogP contribution < -0.4 is 0 Å². The standard InChI is InChI=1S/2C4H10O2.3CH4/c1-4(3-5)6-2;1-6-4-2-3-5;;;/h4-5H,3H2,1-2H3;5H,2-4H2,1H3;3*1H4. The summed E-state index contributed by atoms with van der Waals surface area (Å²) in [6.07, 6.45) is 0.737. The molecule has 100 valence electrons. The highest BCUT2D eigenvalue weighted by Crippen LogP contribution is 1.80. The van der Waals surface area contributed by atoms with Crippen LogP contribution in [-0.4, -0.2) is 50.4 Å². The zero-order chi connectivity index (χ0) is 9.82. The van der Waals surface area contributed by atoms with Crippen LogP contribution in [0.2, 0.25) is 0 Å². The van der Waals surface area contributed by atoms with Crippen LogP contribution in [0.3, 0.4) is 0 Å². The lowest BCUT2D eigenvalue weighted by Gasteiger charge is -2.00. The number of aliphatic hydroxyl groups excluding tert-OH is 2. The predicted octanol–water partition coefficient (Wildman–Crippen LogP) is 1.94. The second-order valence-electron chi connectivity index (χ2n) is 2.30. The van der Waals surface area contributed by atoms with E-state index in [0.717, 1.165) is 6.42 Å². The molecule has 15 heavy (non-hydrogen) atoms. The number of hydrogen-bond donors (Lipinski definition) is 2. The van der Waals surface area contributed by atoms with Crippen molar-refractivity contribution < 1.29 is 19.7 Å². The molecule has 0 aromatic carbocycles. The summed E-state index contributed by atoms with van der Waals surface area (Å²) < 4.78 is 9.27. The van der Waals surface area contributed by atoms with E-state index >= 15 is 0 Å². The summed E-state index contributed by atoms with van der Waals surface area (Å²) in [6, 6.07) is 0. The van der Waals surface area contributed by atoms with Crippen LogP contribution in [0, 0.1) is 0 Å². The van der Waals surface area contributed by atoms with Crippen molar-refractivity contribution in [2.75, 3.05) is 34.0 Å². The molecule has 0 aromatic heterocycles. The molecule has 0 bridgehead atoms. The van der Waals surface area contributed by atoms with E-state index in [1.54, 1.807) is 21.1 Å². The normalized spacial score (nSPS) is 9.40. The van der Waals surface area contributed by atoms with Crippen LogP contribution in [0.15, 0.2) is 0 Å². The van der Waals surface area contributed by atoms with E-state index in [9.17, 15) is 0 Å². The number of methoxy groups -OCH3 is 2. The molecule has 0 radical (unpaired) electrons. The lowest BCUT2D eigenvalue weighted by molar-refractivity contribution is 0.0623. The van der Waals surface area contributed by atoms with Crippen molar-refractivity contribution in [1.82, 2.24) is 0 Å². The van der Waals surface area contributed by atoms with Crippen molar-refractivity contribution in [3.8, 4) is 0 Å². The molecule has 2 N–H and O–H groups in total. The third-order valence-electron chi connectivity index (χ3n) is 1.17. The number of rotatable bonds is 5. The summed E-state index contributed by atoms with van der Waals surface area (Å²) in [4.78, 5) is 0. The number of ether oxygens (including phenoxy) is 2. The molecule has 0 saturated carbocycles. The summed E-state index contributed by atoms with van der Waals surface area (Å²) >= 11 is 0. The largest absolute Gasteiger partial charge is 0.396 e. The number of aliphatic hydroxyl groups is 2. The van der Waals surface area contributed by atoms with Crippen molar-refractivity contribution in [1.29, 1.82) is 0 Å². The average Bonchev–Trinajstić information content (AvgIpc) is 2.14. The number of hydrogen-bond acceptors (Lipinski definition) is 4. The Hall–Kier alpha value is -0.160. The zero-order valence-corrected chi connectivity index (χ0v) is 8.12. The fourth-order valence-corrected chi connectivity index (χ4v) is 0.283. The summed E-state index contributed by atoms with van der Waals surface area (Å²) in [5, 5.41) is 16.3. The third kappa shape index (κ3) is 41.5. The van der Waals surface area contributed by atoms with Crippen LogP contribution in [0.1, 0.15) is 35.6 Å². The third-order valence-corrected chi connectivity index (χ3v) is 1.17. The fourth-order valence-electron chi connectivity index (χ4n) is 0.283. The van der Waals surface area contributed by atoms with Crippen molar-refractivity contribution in [2.24, 2.45) is 0 Å². The molecule has 1 atom stereocenters. The Morgan fingerprint density at radius 3 is 1.60 bits per heavy atom. The minimum absolute atomic E-state index is 0. The molecule has 0 rings (SSSR count). The molecule has 1 unspecified atom stereocenters. The lowest BCUT2D eigenvalue weighted by Crippen LogP contribution is -2.08. The van der Waals surface area contributed by atoms with Crippen molar-refractivity contribution in [2.45, 2.75) is 41.7 Å². The Balaban J connectivity index is -0.0000000370. The summed E-state index contributed by atoms with van der Waals surface area (Å²) in [5.74, 6) is 0. The second kappa shape index (κ2) is 29.2. The molecule has 0 aromatic rings. The minimum atomic E-state index is -0.00926. The first kappa shape index (κ1) is 29.4. The van der Waals surface area contributed by atoms with Gasteiger partial charge in [-0.3, -0.25) is 0 Å². The molecule has 0 spiro atoms. The van der Waals surface area contributed by atoms with Crippen molar-refractivity contribution >= 4 is 0 Å². The van der Waals surface area contributed by atoms with Gasteiger partial charge in [0.15, 0.2) is 0 Å². The van der Waals surface area contributed by atoms with Crippen molar-refractivity contribution in [3.05, 3.63) is 0 Å². The Morgan fingerprint density at radius 1 is 1.07 bits per heavy atom. The first-order valence-corrected chi connectivity index (χ1v) is 3.96. The molecule has 0 saturated heterocycles. The van der Waals surface area contributed by atoms with Gasteiger partial charge < -0.3 is 19.7 Å². The predicted molar refractivity (Wildman–Crippen MR) is 67.3 cm³/mol. The van der Waals surface area contributed by atoms with Crippen molar-refractivity contribution in [3.63, 3.8) is 0 Å². The SMILES string of the molecule is C.C.C.COC(C)CO.COCCCO. The summed E-state index contributed by atoms with van der Waals surface area (Å²) in [5.41, 5.74) is 0. The van der Waals surface area contributed by atoms with Gasteiger partial charge in [0, 0.05) is 27.4 Å². The molecule has 4 nitrogen and oxygen atoms in total. The molecular weight excluding hydrogens is 196 g/mol. The molecule has 4 heteroatoms. The first-order valence-electron chi connectivity index (χ1n) is 3.96. The molecule has 0 aliphatic rings. The highest BCUT2D eigenvalue weighted by Gasteiger charge is 1.90. The van der Waals surface area contributed by atoms with Crippen LogP contribution in [0.5, 0.6) is 0 Å². The molecule has 0 fully saturated rings. The van der Waals surface area contributed by atoms with Crippen LogP contribution in [-0.2, 0) is 9.47 Å². The van der Waals surface area contributed by atoms with E-state index in [2.05, 4.69) is 9.47 Å². The Morgan fingerprint density at radius 2 is 1.53 bits per heavy atom. The van der Waals surface area contributed by atoms with Gasteiger partial charge >= 0.3 is 0 Å². The van der Waals surface area contributed by atoms with Gasteiger partial charge in [-0.25, -0.2) is 0 Å². The molecular formula is C11H32O4. The lowest BCUT2D eigenvalue weighted by atomic mass is 10.4. The topological polar surface area (TPSA) is 58.9 Å². The Bertz CT molecular complexity index is 61.6. The van der Waals surface area contributed by atoms with E-state index in [1.165, 1.54) is 0 Å². The van der Waals surface area contributed by atoms with E-state index < -0.39 is 0 Å². The minimum Gasteiger partial charge on any atom is -0.396 e. The van der Waals surface area contributed by atoms with Crippen LogP contribution in [0.25, 0.3) is 0 Å². The van der Waals surface area contributed by atoms with Gasteiger partial charge in [-0.1, -0.05) is 22.3 Å². The monoisotopic (exact) mass is 228 g/mol. The van der Waals surface area contributed by atoms with E-state index in [-0.39, 0.29) is 41.6 Å². The maximum absolute atomic E-state index is 8.21. The highest BCUT2D eigenvalue weighted by atomic mass is 16.5. The van der Waals surface area contributed by atoms with Crippen LogP contribution >= 0.6 is 0 Å². The smallest absolute Gasteiger partial charge is 0.0773 e. The van der Waals surface area contributed by atoms with Gasteiger partial charge in [-0.2, -0.15) is 0 Å². The molecule has 0 aliphatic heterocycles. The maximum atomic E-state index is 8.21. The van der Waals surface area contributed by atoms with Gasteiger partial charge in [0.1, 0.15) is 0 Å². The fraction of sp³-hybridized carbons (Fsp3) is 1.00. The van der Waals surface area contributed by atoms with Gasteiger partial charge in [-0.15, -0.1) is 0 Å². The van der Waals surface area contributed by atoms with Crippen LogP contribution in [0.4, 0.5) is 0 Å². The first-order chi connectivity index (χ1) is 5.72. The van der Waals surface area contributed by atoms with Gasteiger partial charge in [-0.05, 0) is 13.3 Å². The second-order valence-corrected chi connectivity index (χ2v) is 2.30. The Kier molecular flexibility index (Phi) is 57.1. The molecule has 0 aliphatic carbocycles. The van der Waals surface area contributed by atoms with Gasteiger partial charge in [0.2, 0.25) is 0 Å². The zero-order valence-electron chi connectivity index (χ0n) is 8.12.